The molecular weight excluding hydrogens is 484 g/mol. The Morgan fingerprint density at radius 2 is 1.28 bits per heavy atom. The maximum Gasteiger partial charge on any atom is 0.312 e. The minimum Gasteiger partial charge on any atom is -0.490 e. The number of carbonyl (C=O) groups is 1. The first-order valence-electron chi connectivity index (χ1n) is 14.7. The van der Waals surface area contributed by atoms with E-state index in [1.807, 2.05) is 72.8 Å². The largest absolute Gasteiger partial charge is 0.490 e. The zero-order chi connectivity index (χ0) is 26.5. The van der Waals surface area contributed by atoms with Gasteiger partial charge >= 0.3 is 5.97 Å². The van der Waals surface area contributed by atoms with Gasteiger partial charge in [-0.15, -0.1) is 0 Å². The summed E-state index contributed by atoms with van der Waals surface area (Å²) >= 11 is 0. The van der Waals surface area contributed by atoms with Gasteiger partial charge in [-0.05, 0) is 97.9 Å². The van der Waals surface area contributed by atoms with Crippen LogP contribution in [0.4, 0.5) is 0 Å². The fourth-order valence-electron chi connectivity index (χ4n) is 8.74. The Balaban J connectivity index is 1.03. The lowest BCUT2D eigenvalue weighted by atomic mass is 9.49. The Hall–Kier alpha value is -3.11. The van der Waals surface area contributed by atoms with Crippen molar-refractivity contribution in [2.45, 2.75) is 62.4 Å². The summed E-state index contributed by atoms with van der Waals surface area (Å²) in [6.45, 7) is 0.599. The summed E-state index contributed by atoms with van der Waals surface area (Å²) < 4.78 is 11.8. The van der Waals surface area contributed by atoms with E-state index >= 15 is 0 Å². The minimum atomic E-state index is -1.15. The second-order valence-corrected chi connectivity index (χ2v) is 12.7. The summed E-state index contributed by atoms with van der Waals surface area (Å²) in [5.74, 6) is 2.90. The van der Waals surface area contributed by atoms with Crippen molar-refractivity contribution in [2.24, 2.45) is 23.2 Å². The third kappa shape index (κ3) is 4.19. The van der Waals surface area contributed by atoms with Gasteiger partial charge in [-0.2, -0.15) is 0 Å². The number of rotatable bonds is 9. The maximum absolute atomic E-state index is 13.1. The second kappa shape index (κ2) is 9.52. The molecule has 4 nitrogen and oxygen atoms in total. The lowest BCUT2D eigenvalue weighted by Crippen LogP contribution is -2.50. The molecule has 0 spiro atoms. The van der Waals surface area contributed by atoms with Crippen LogP contribution in [0.15, 0.2) is 84.9 Å². The van der Waals surface area contributed by atoms with E-state index in [0.717, 1.165) is 66.5 Å². The van der Waals surface area contributed by atoms with Gasteiger partial charge in [0.15, 0.2) is 0 Å². The molecule has 1 atom stereocenters. The average molecular weight is 523 g/mol. The van der Waals surface area contributed by atoms with Gasteiger partial charge < -0.3 is 14.6 Å². The van der Waals surface area contributed by atoms with Crippen LogP contribution in [0.25, 0.3) is 0 Å². The molecule has 5 fully saturated rings. The number of esters is 1. The van der Waals surface area contributed by atoms with Crippen LogP contribution in [0.5, 0.6) is 5.75 Å². The summed E-state index contributed by atoms with van der Waals surface area (Å²) in [7, 11) is 0. The highest BCUT2D eigenvalue weighted by atomic mass is 16.6. The fraction of sp³-hybridized carbons (Fsp3) is 0.457. The van der Waals surface area contributed by atoms with Crippen molar-refractivity contribution in [1.29, 1.82) is 0 Å². The van der Waals surface area contributed by atoms with E-state index in [2.05, 4.69) is 12.1 Å². The summed E-state index contributed by atoms with van der Waals surface area (Å²) in [5.41, 5.74) is 1.19. The average Bonchev–Trinajstić information content (AvgIpc) is 3.78. The number of hydrogen-bond donors (Lipinski definition) is 1. The zero-order valence-electron chi connectivity index (χ0n) is 22.6. The molecule has 8 rings (SSSR count). The van der Waals surface area contributed by atoms with Crippen molar-refractivity contribution in [2.75, 3.05) is 13.2 Å². The van der Waals surface area contributed by atoms with E-state index in [0.29, 0.717) is 12.4 Å². The van der Waals surface area contributed by atoms with Gasteiger partial charge in [0, 0.05) is 5.41 Å². The molecule has 4 heteroatoms. The van der Waals surface area contributed by atoms with Crippen LogP contribution in [0.1, 0.15) is 68.1 Å². The molecule has 0 radical (unpaired) electrons. The van der Waals surface area contributed by atoms with E-state index in [-0.39, 0.29) is 23.4 Å². The zero-order valence-corrected chi connectivity index (χ0v) is 22.6. The van der Waals surface area contributed by atoms with E-state index in [4.69, 9.17) is 9.47 Å². The van der Waals surface area contributed by atoms with Gasteiger partial charge in [-0.1, -0.05) is 72.8 Å². The number of aliphatic hydroxyl groups is 1. The van der Waals surface area contributed by atoms with Crippen molar-refractivity contribution < 1.29 is 19.4 Å². The van der Waals surface area contributed by atoms with Crippen LogP contribution in [0, 0.1) is 23.2 Å². The molecule has 1 N–H and O–H groups in total. The quantitative estimate of drug-likeness (QED) is 0.248. The smallest absolute Gasteiger partial charge is 0.312 e. The van der Waals surface area contributed by atoms with Gasteiger partial charge in [0.2, 0.25) is 0 Å². The first-order chi connectivity index (χ1) is 19.0. The Morgan fingerprint density at radius 3 is 1.85 bits per heavy atom. The SMILES string of the molecule is O=C(OCCOc1ccc(C(O)(c2ccccc2)C2(c3ccccc3)CC2)cc1)C12CC3CC(CC(C3)C1)C2. The second-order valence-electron chi connectivity index (χ2n) is 12.7. The predicted octanol–water partition coefficient (Wildman–Crippen LogP) is 6.79. The monoisotopic (exact) mass is 522 g/mol. The topological polar surface area (TPSA) is 55.8 Å². The van der Waals surface area contributed by atoms with Crippen molar-refractivity contribution in [3.05, 3.63) is 102 Å². The molecular formula is C35H38O4. The minimum absolute atomic E-state index is 0.00381. The molecule has 0 amide bonds. The Labute approximate surface area is 231 Å². The predicted molar refractivity (Wildman–Crippen MR) is 150 cm³/mol. The molecule has 0 aromatic heterocycles. The molecule has 4 bridgehead atoms. The summed E-state index contributed by atoms with van der Waals surface area (Å²) in [4.78, 5) is 13.1. The van der Waals surface area contributed by atoms with Gasteiger partial charge in [0.25, 0.3) is 0 Å². The molecule has 3 aromatic rings. The molecule has 5 saturated carbocycles. The first-order valence-corrected chi connectivity index (χ1v) is 14.7. The summed E-state index contributed by atoms with van der Waals surface area (Å²) in [6, 6.07) is 28.2. The van der Waals surface area contributed by atoms with Crippen molar-refractivity contribution >= 4 is 5.97 Å². The highest BCUT2D eigenvalue weighted by molar-refractivity contribution is 5.77. The van der Waals surface area contributed by atoms with Crippen molar-refractivity contribution in [3.8, 4) is 5.75 Å². The van der Waals surface area contributed by atoms with Gasteiger partial charge in [0.05, 0.1) is 5.41 Å². The summed E-state index contributed by atoms with van der Waals surface area (Å²) in [6.07, 6.45) is 8.87. The van der Waals surface area contributed by atoms with Crippen LogP contribution >= 0.6 is 0 Å². The Bertz CT molecular complexity index is 1280. The molecule has 0 heterocycles. The number of benzene rings is 3. The van der Waals surface area contributed by atoms with Crippen molar-refractivity contribution in [3.63, 3.8) is 0 Å². The molecule has 3 aromatic carbocycles. The molecule has 0 saturated heterocycles. The molecule has 5 aliphatic carbocycles. The lowest BCUT2D eigenvalue weighted by Gasteiger charge is -2.55. The lowest BCUT2D eigenvalue weighted by molar-refractivity contribution is -0.172. The number of carbonyl (C=O) groups excluding carboxylic acids is 1. The Morgan fingerprint density at radius 1 is 0.744 bits per heavy atom. The third-order valence-corrected chi connectivity index (χ3v) is 10.3. The number of hydrogen-bond acceptors (Lipinski definition) is 4. The van der Waals surface area contributed by atoms with Gasteiger partial charge in [0.1, 0.15) is 24.6 Å². The van der Waals surface area contributed by atoms with Gasteiger partial charge in [-0.25, -0.2) is 0 Å². The normalized spacial score (nSPS) is 29.4. The van der Waals surface area contributed by atoms with Crippen LogP contribution in [-0.2, 0) is 20.5 Å². The summed E-state index contributed by atoms with van der Waals surface area (Å²) in [5, 5.41) is 12.5. The van der Waals surface area contributed by atoms with Crippen LogP contribution in [0.3, 0.4) is 0 Å². The molecule has 1 unspecified atom stereocenters. The Kier molecular flexibility index (Phi) is 6.08. The van der Waals surface area contributed by atoms with E-state index in [1.54, 1.807) is 0 Å². The maximum atomic E-state index is 13.1. The highest BCUT2D eigenvalue weighted by Gasteiger charge is 2.61. The van der Waals surface area contributed by atoms with Crippen molar-refractivity contribution in [1.82, 2.24) is 0 Å². The van der Waals surface area contributed by atoms with E-state index in [1.165, 1.54) is 19.3 Å². The molecule has 202 valence electrons. The van der Waals surface area contributed by atoms with Gasteiger partial charge in [-0.3, -0.25) is 4.79 Å². The third-order valence-electron chi connectivity index (χ3n) is 10.3. The van der Waals surface area contributed by atoms with Crippen LogP contribution in [-0.4, -0.2) is 24.3 Å². The molecule has 39 heavy (non-hydrogen) atoms. The van der Waals surface area contributed by atoms with Crippen LogP contribution < -0.4 is 4.74 Å². The fourth-order valence-corrected chi connectivity index (χ4v) is 8.74. The van der Waals surface area contributed by atoms with E-state index in [9.17, 15) is 9.90 Å². The highest BCUT2D eigenvalue weighted by Crippen LogP contribution is 2.62. The van der Waals surface area contributed by atoms with E-state index < -0.39 is 5.60 Å². The first kappa shape index (κ1) is 24.9. The standard InChI is InChI=1S/C35H38O4/c36-32(33-22-25-19-26(23-33)21-27(20-25)24-33)39-18-17-38-31-13-11-30(12-14-31)35(37,29-9-5-2-6-10-29)34(15-16-34)28-7-3-1-4-8-28/h1-14,25-27,37H,15-24H2. The molecule has 0 aliphatic heterocycles. The van der Waals surface area contributed by atoms with Crippen LogP contribution in [0.2, 0.25) is 0 Å². The molecule has 5 aliphatic rings. The number of ether oxygens (including phenoxy) is 2.